The summed E-state index contributed by atoms with van der Waals surface area (Å²) in [6, 6.07) is 15.8. The summed E-state index contributed by atoms with van der Waals surface area (Å²) in [5, 5.41) is 9.54. The minimum Gasteiger partial charge on any atom is -0.497 e. The van der Waals surface area contributed by atoms with E-state index in [1.165, 1.54) is 6.07 Å². The second-order valence-corrected chi connectivity index (χ2v) is 7.66. The molecule has 0 aliphatic heterocycles. The van der Waals surface area contributed by atoms with Crippen LogP contribution in [-0.4, -0.2) is 22.8 Å². The number of nitrogens with zero attached hydrogens (tertiary/aromatic N) is 1. The summed E-state index contributed by atoms with van der Waals surface area (Å²) in [5.41, 5.74) is 2.64. The van der Waals surface area contributed by atoms with Crippen molar-refractivity contribution in [2.75, 3.05) is 7.11 Å². The van der Waals surface area contributed by atoms with E-state index in [9.17, 15) is 9.59 Å². The van der Waals surface area contributed by atoms with Gasteiger partial charge in [-0.3, -0.25) is 4.79 Å². The van der Waals surface area contributed by atoms with Gasteiger partial charge in [0.1, 0.15) is 10.8 Å². The van der Waals surface area contributed by atoms with Crippen LogP contribution in [0.5, 0.6) is 5.75 Å². The lowest BCUT2D eigenvalue weighted by Crippen LogP contribution is -2.25. The number of halogens is 2. The Kier molecular flexibility index (Phi) is 7.19. The smallest absolute Gasteiger partial charge is 0.335 e. The zero-order chi connectivity index (χ0) is 21.7. The van der Waals surface area contributed by atoms with Crippen molar-refractivity contribution in [1.82, 2.24) is 4.57 Å². The molecule has 30 heavy (non-hydrogen) atoms. The first-order valence-electron chi connectivity index (χ1n) is 9.42. The lowest BCUT2D eigenvalue weighted by molar-refractivity contribution is 0.0697. The van der Waals surface area contributed by atoms with Gasteiger partial charge in [-0.2, -0.15) is 0 Å². The fourth-order valence-corrected chi connectivity index (χ4v) is 3.85. The molecule has 5 nitrogen and oxygen atoms in total. The highest BCUT2D eigenvalue weighted by Crippen LogP contribution is 2.22. The van der Waals surface area contributed by atoms with Gasteiger partial charge < -0.3 is 14.4 Å². The van der Waals surface area contributed by atoms with Crippen LogP contribution in [0.3, 0.4) is 0 Å². The second-order valence-electron chi connectivity index (χ2n) is 6.85. The molecule has 2 aromatic carbocycles. The molecular weight excluding hydrogens is 425 g/mol. The number of methoxy groups -OCH3 is 1. The number of aryl methyl sites for hydroxylation is 2. The van der Waals surface area contributed by atoms with Crippen molar-refractivity contribution in [2.45, 2.75) is 25.8 Å². The number of benzene rings is 2. The number of carboxylic acids is 1. The number of pyridine rings is 1. The van der Waals surface area contributed by atoms with Crippen molar-refractivity contribution in [2.24, 2.45) is 0 Å². The highest BCUT2D eigenvalue weighted by molar-refractivity contribution is 6.34. The monoisotopic (exact) mass is 445 g/mol. The maximum Gasteiger partial charge on any atom is 0.335 e. The molecule has 1 N–H and O–H groups in total. The van der Waals surface area contributed by atoms with Gasteiger partial charge >= 0.3 is 5.97 Å². The third kappa shape index (κ3) is 5.23. The van der Waals surface area contributed by atoms with Crippen molar-refractivity contribution in [3.8, 4) is 5.75 Å². The molecular formula is C23H21Cl2NO4. The van der Waals surface area contributed by atoms with Gasteiger partial charge in [0.2, 0.25) is 0 Å². The molecule has 0 spiro atoms. The Bertz CT molecular complexity index is 1110. The molecule has 7 heteroatoms. The standard InChI is InChI=1S/C23H21Cl2NO4/c1-30-18-4-2-3-16(13-18)7-10-21-19(24)14-20(25)22(27)26(21)12-11-15-5-8-17(9-6-15)23(28)29/h2-6,8-9,13-14H,7,10-12H2,1H3,(H,28,29). The van der Waals surface area contributed by atoms with Crippen molar-refractivity contribution in [3.05, 3.63) is 97.4 Å². The summed E-state index contributed by atoms with van der Waals surface area (Å²) in [4.78, 5) is 23.7. The quantitative estimate of drug-likeness (QED) is 0.535. The minimum absolute atomic E-state index is 0.0753. The number of hydrogen-bond donors (Lipinski definition) is 1. The summed E-state index contributed by atoms with van der Waals surface area (Å²) in [6.07, 6.45) is 1.80. The molecule has 3 rings (SSSR count). The van der Waals surface area contributed by atoms with Crippen molar-refractivity contribution >= 4 is 29.2 Å². The minimum atomic E-state index is -0.973. The average molecular weight is 446 g/mol. The summed E-state index contributed by atoms with van der Waals surface area (Å²) < 4.78 is 6.87. The lowest BCUT2D eigenvalue weighted by Gasteiger charge is -2.16. The van der Waals surface area contributed by atoms with Crippen LogP contribution in [-0.2, 0) is 25.8 Å². The number of aromatic carboxylic acids is 1. The molecule has 0 bridgehead atoms. The lowest BCUT2D eigenvalue weighted by atomic mass is 10.1. The van der Waals surface area contributed by atoms with Crippen LogP contribution in [0.2, 0.25) is 10.0 Å². The van der Waals surface area contributed by atoms with Crippen LogP contribution >= 0.6 is 23.2 Å². The fraction of sp³-hybridized carbons (Fsp3) is 0.217. The first kappa shape index (κ1) is 21.9. The van der Waals surface area contributed by atoms with E-state index in [1.54, 1.807) is 35.9 Å². The first-order chi connectivity index (χ1) is 14.4. The van der Waals surface area contributed by atoms with Crippen LogP contribution in [0, 0.1) is 0 Å². The second kappa shape index (κ2) is 9.83. The molecule has 0 aliphatic rings. The van der Waals surface area contributed by atoms with Gasteiger partial charge in [-0.05, 0) is 60.7 Å². The van der Waals surface area contributed by atoms with Crippen LogP contribution in [0.4, 0.5) is 0 Å². The van der Waals surface area contributed by atoms with E-state index in [1.807, 2.05) is 24.3 Å². The number of aromatic nitrogens is 1. The van der Waals surface area contributed by atoms with E-state index in [0.29, 0.717) is 30.8 Å². The maximum atomic E-state index is 12.7. The number of hydrogen-bond acceptors (Lipinski definition) is 3. The third-order valence-electron chi connectivity index (χ3n) is 4.91. The molecule has 0 radical (unpaired) electrons. The van der Waals surface area contributed by atoms with Crippen LogP contribution in [0.25, 0.3) is 0 Å². The molecule has 1 heterocycles. The van der Waals surface area contributed by atoms with Crippen molar-refractivity contribution < 1.29 is 14.6 Å². The van der Waals surface area contributed by atoms with Gasteiger partial charge in [0.05, 0.1) is 17.7 Å². The van der Waals surface area contributed by atoms with Gasteiger partial charge in [0, 0.05) is 12.2 Å². The Balaban J connectivity index is 1.82. The topological polar surface area (TPSA) is 68.5 Å². The largest absolute Gasteiger partial charge is 0.497 e. The Morgan fingerprint density at radius 1 is 0.967 bits per heavy atom. The molecule has 0 fully saturated rings. The van der Waals surface area contributed by atoms with E-state index < -0.39 is 5.97 Å². The highest BCUT2D eigenvalue weighted by Gasteiger charge is 2.13. The Hall–Kier alpha value is -2.76. The van der Waals surface area contributed by atoms with Gasteiger partial charge in [0.15, 0.2) is 0 Å². The molecule has 0 unspecified atom stereocenters. The fourth-order valence-electron chi connectivity index (χ4n) is 3.27. The van der Waals surface area contributed by atoms with E-state index in [4.69, 9.17) is 33.0 Å². The van der Waals surface area contributed by atoms with Crippen LogP contribution in [0.1, 0.15) is 27.2 Å². The number of carbonyl (C=O) groups is 1. The Morgan fingerprint density at radius 2 is 1.70 bits per heavy atom. The van der Waals surface area contributed by atoms with Gasteiger partial charge in [-0.15, -0.1) is 0 Å². The highest BCUT2D eigenvalue weighted by atomic mass is 35.5. The van der Waals surface area contributed by atoms with Gasteiger partial charge in [0.25, 0.3) is 5.56 Å². The normalized spacial score (nSPS) is 10.8. The molecule has 156 valence electrons. The zero-order valence-electron chi connectivity index (χ0n) is 16.4. The molecule has 1 aromatic heterocycles. The van der Waals surface area contributed by atoms with Crippen molar-refractivity contribution in [1.29, 1.82) is 0 Å². The van der Waals surface area contributed by atoms with Gasteiger partial charge in [-0.25, -0.2) is 4.79 Å². The molecule has 0 amide bonds. The SMILES string of the molecule is COc1cccc(CCc2c(Cl)cc(Cl)c(=O)n2CCc2ccc(C(=O)O)cc2)c1. The summed E-state index contributed by atoms with van der Waals surface area (Å²) in [6.45, 7) is 0.388. The van der Waals surface area contributed by atoms with Crippen LogP contribution < -0.4 is 10.3 Å². The maximum absolute atomic E-state index is 12.7. The predicted molar refractivity (Wildman–Crippen MR) is 118 cm³/mol. The molecule has 0 saturated heterocycles. The molecule has 3 aromatic rings. The Morgan fingerprint density at radius 3 is 2.37 bits per heavy atom. The predicted octanol–water partition coefficient (Wildman–Crippen LogP) is 4.89. The van der Waals surface area contributed by atoms with Crippen LogP contribution in [0.15, 0.2) is 59.4 Å². The number of rotatable bonds is 8. The average Bonchev–Trinajstić information content (AvgIpc) is 2.75. The summed E-state index contributed by atoms with van der Waals surface area (Å²) >= 11 is 12.5. The van der Waals surface area contributed by atoms with E-state index in [-0.39, 0.29) is 16.1 Å². The molecule has 0 aliphatic carbocycles. The van der Waals surface area contributed by atoms with E-state index in [2.05, 4.69) is 0 Å². The van der Waals surface area contributed by atoms with E-state index >= 15 is 0 Å². The third-order valence-corrected chi connectivity index (χ3v) is 5.51. The van der Waals surface area contributed by atoms with Crippen molar-refractivity contribution in [3.63, 3.8) is 0 Å². The zero-order valence-corrected chi connectivity index (χ0v) is 17.9. The first-order valence-corrected chi connectivity index (χ1v) is 10.2. The summed E-state index contributed by atoms with van der Waals surface area (Å²) in [7, 11) is 1.62. The number of ether oxygens (including phenoxy) is 1. The number of carboxylic acid groups (broad SMARTS) is 1. The summed E-state index contributed by atoms with van der Waals surface area (Å²) in [5.74, 6) is -0.198. The Labute approximate surface area is 184 Å². The van der Waals surface area contributed by atoms with Gasteiger partial charge in [-0.1, -0.05) is 47.5 Å². The molecule has 0 saturated carbocycles. The molecule has 0 atom stereocenters. The van der Waals surface area contributed by atoms with E-state index in [0.717, 1.165) is 22.6 Å².